The number of hydrogen-bond acceptors (Lipinski definition) is 3. The summed E-state index contributed by atoms with van der Waals surface area (Å²) in [5, 5.41) is -0.151. The molecule has 0 N–H and O–H groups in total. The van der Waals surface area contributed by atoms with Crippen molar-refractivity contribution < 1.29 is 22.8 Å². The fourth-order valence-electron chi connectivity index (χ4n) is 2.47. The molecule has 0 bridgehead atoms. The van der Waals surface area contributed by atoms with Crippen LogP contribution in [0.2, 0.25) is 5.02 Å². The number of pyridine rings is 1. The van der Waals surface area contributed by atoms with Gasteiger partial charge in [-0.15, -0.1) is 0 Å². The molecule has 0 aliphatic carbocycles. The second-order valence-electron chi connectivity index (χ2n) is 5.21. The van der Waals surface area contributed by atoms with Crippen molar-refractivity contribution in [3.8, 4) is 0 Å². The van der Waals surface area contributed by atoms with Crippen molar-refractivity contribution >= 4 is 23.4 Å². The molecule has 4 nitrogen and oxygen atoms in total. The van der Waals surface area contributed by atoms with Crippen molar-refractivity contribution in [2.45, 2.75) is 12.6 Å². The topological polar surface area (TPSA) is 50.3 Å². The van der Waals surface area contributed by atoms with Crippen LogP contribution in [0, 0.1) is 0 Å². The standard InChI is InChI=1S/C16H10ClF3N2O2/c17-12-7-9(16(18,19)20)8-21-13(12)5-6-22-14(23)10-3-1-2-4-11(10)15(22)24/h1-4,7-8H,5-6H2. The van der Waals surface area contributed by atoms with Crippen molar-refractivity contribution in [3.63, 3.8) is 0 Å². The van der Waals surface area contributed by atoms with E-state index in [2.05, 4.69) is 4.98 Å². The number of amides is 2. The van der Waals surface area contributed by atoms with Crippen LogP contribution in [-0.4, -0.2) is 28.2 Å². The van der Waals surface area contributed by atoms with Crippen LogP contribution in [0.1, 0.15) is 32.0 Å². The van der Waals surface area contributed by atoms with E-state index >= 15 is 0 Å². The zero-order chi connectivity index (χ0) is 17.5. The molecule has 0 saturated heterocycles. The molecule has 24 heavy (non-hydrogen) atoms. The molecule has 2 heterocycles. The normalized spacial score (nSPS) is 14.2. The van der Waals surface area contributed by atoms with Crippen LogP contribution in [0.25, 0.3) is 0 Å². The number of carbonyl (C=O) groups is 2. The first-order valence-corrected chi connectivity index (χ1v) is 7.33. The zero-order valence-corrected chi connectivity index (χ0v) is 12.9. The van der Waals surface area contributed by atoms with Crippen LogP contribution in [0.15, 0.2) is 36.5 Å². The molecule has 3 rings (SSSR count). The van der Waals surface area contributed by atoms with E-state index in [0.717, 1.165) is 11.0 Å². The molecule has 0 unspecified atom stereocenters. The summed E-state index contributed by atoms with van der Waals surface area (Å²) in [5.41, 5.74) is -0.124. The van der Waals surface area contributed by atoms with Gasteiger partial charge in [0.15, 0.2) is 0 Å². The number of alkyl halides is 3. The minimum atomic E-state index is -4.53. The smallest absolute Gasteiger partial charge is 0.274 e. The number of carbonyl (C=O) groups excluding carboxylic acids is 2. The number of hydrogen-bond donors (Lipinski definition) is 0. The highest BCUT2D eigenvalue weighted by Gasteiger charge is 2.35. The number of aromatic nitrogens is 1. The molecule has 2 amide bonds. The van der Waals surface area contributed by atoms with E-state index in [-0.39, 0.29) is 23.7 Å². The third-order valence-corrected chi connectivity index (χ3v) is 4.02. The summed E-state index contributed by atoms with van der Waals surface area (Å²) in [6.45, 7) is -0.00949. The Morgan fingerprint density at radius 1 is 1.08 bits per heavy atom. The van der Waals surface area contributed by atoms with Gasteiger partial charge in [0.2, 0.25) is 0 Å². The average Bonchev–Trinajstić information content (AvgIpc) is 2.77. The Labute approximate surface area is 139 Å². The maximum atomic E-state index is 12.6. The maximum Gasteiger partial charge on any atom is 0.417 e. The molecule has 1 aromatic heterocycles. The van der Waals surface area contributed by atoms with E-state index in [0.29, 0.717) is 17.3 Å². The van der Waals surface area contributed by atoms with Crippen LogP contribution < -0.4 is 0 Å². The first-order valence-electron chi connectivity index (χ1n) is 6.96. The molecule has 0 radical (unpaired) electrons. The Balaban J connectivity index is 1.76. The summed E-state index contributed by atoms with van der Waals surface area (Å²) in [6, 6.07) is 7.20. The molecule has 0 atom stereocenters. The zero-order valence-electron chi connectivity index (χ0n) is 12.1. The van der Waals surface area contributed by atoms with Gasteiger partial charge in [0.25, 0.3) is 11.8 Å². The van der Waals surface area contributed by atoms with Crippen molar-refractivity contribution in [2.24, 2.45) is 0 Å². The lowest BCUT2D eigenvalue weighted by Crippen LogP contribution is -2.32. The number of benzene rings is 1. The van der Waals surface area contributed by atoms with E-state index in [4.69, 9.17) is 11.6 Å². The van der Waals surface area contributed by atoms with Gasteiger partial charge in [0.05, 0.1) is 27.4 Å². The third-order valence-electron chi connectivity index (χ3n) is 3.70. The Morgan fingerprint density at radius 2 is 1.67 bits per heavy atom. The van der Waals surface area contributed by atoms with Crippen molar-refractivity contribution in [3.05, 3.63) is 63.9 Å². The molecule has 124 valence electrons. The van der Waals surface area contributed by atoms with Gasteiger partial charge in [-0.3, -0.25) is 19.5 Å². The summed E-state index contributed by atoms with van der Waals surface area (Å²) >= 11 is 5.83. The van der Waals surface area contributed by atoms with E-state index < -0.39 is 23.6 Å². The van der Waals surface area contributed by atoms with Crippen molar-refractivity contribution in [1.29, 1.82) is 0 Å². The van der Waals surface area contributed by atoms with E-state index in [1.807, 2.05) is 0 Å². The second kappa shape index (κ2) is 5.90. The molecule has 0 saturated carbocycles. The van der Waals surface area contributed by atoms with Crippen LogP contribution >= 0.6 is 11.6 Å². The highest BCUT2D eigenvalue weighted by atomic mass is 35.5. The fraction of sp³-hybridized carbons (Fsp3) is 0.188. The van der Waals surface area contributed by atoms with Gasteiger partial charge in [0.1, 0.15) is 0 Å². The highest BCUT2D eigenvalue weighted by Crippen LogP contribution is 2.31. The molecule has 1 aliphatic rings. The summed E-state index contributed by atoms with van der Waals surface area (Å²) < 4.78 is 37.8. The molecule has 1 aliphatic heterocycles. The minimum absolute atomic E-state index is 0.00949. The van der Waals surface area contributed by atoms with E-state index in [1.165, 1.54) is 0 Å². The molecule has 2 aromatic rings. The lowest BCUT2D eigenvalue weighted by molar-refractivity contribution is -0.137. The first kappa shape index (κ1) is 16.4. The Bertz CT molecular complexity index is 801. The fourth-order valence-corrected chi connectivity index (χ4v) is 2.73. The van der Waals surface area contributed by atoms with E-state index in [9.17, 15) is 22.8 Å². The number of halogens is 4. The first-order chi connectivity index (χ1) is 11.3. The molecular weight excluding hydrogens is 345 g/mol. The molecule has 0 spiro atoms. The second-order valence-corrected chi connectivity index (χ2v) is 5.61. The van der Waals surface area contributed by atoms with Gasteiger partial charge >= 0.3 is 6.18 Å². The maximum absolute atomic E-state index is 12.6. The lowest BCUT2D eigenvalue weighted by Gasteiger charge is -2.14. The van der Waals surface area contributed by atoms with E-state index in [1.54, 1.807) is 24.3 Å². The number of fused-ring (bicyclic) bond motifs is 1. The van der Waals surface area contributed by atoms with Gasteiger partial charge < -0.3 is 0 Å². The number of nitrogens with zero attached hydrogens (tertiary/aromatic N) is 2. The van der Waals surface area contributed by atoms with Gasteiger partial charge in [-0.2, -0.15) is 13.2 Å². The van der Waals surface area contributed by atoms with Gasteiger partial charge in [-0.1, -0.05) is 23.7 Å². The Morgan fingerprint density at radius 3 is 2.17 bits per heavy atom. The average molecular weight is 355 g/mol. The molecular formula is C16H10ClF3N2O2. The van der Waals surface area contributed by atoms with Crippen LogP contribution in [0.4, 0.5) is 13.2 Å². The largest absolute Gasteiger partial charge is 0.417 e. The summed E-state index contributed by atoms with van der Waals surface area (Å²) in [6.07, 6.45) is -3.77. The summed E-state index contributed by atoms with van der Waals surface area (Å²) in [5.74, 6) is -0.864. The quantitative estimate of drug-likeness (QED) is 0.791. The summed E-state index contributed by atoms with van der Waals surface area (Å²) in [4.78, 5) is 29.1. The van der Waals surface area contributed by atoms with Crippen molar-refractivity contribution in [2.75, 3.05) is 6.54 Å². The minimum Gasteiger partial charge on any atom is -0.274 e. The number of imide groups is 1. The molecule has 0 fully saturated rings. The van der Waals surface area contributed by atoms with Gasteiger partial charge in [-0.05, 0) is 18.2 Å². The van der Waals surface area contributed by atoms with Crippen LogP contribution in [0.3, 0.4) is 0 Å². The van der Waals surface area contributed by atoms with Crippen LogP contribution in [0.5, 0.6) is 0 Å². The summed E-state index contributed by atoms with van der Waals surface area (Å²) in [7, 11) is 0. The SMILES string of the molecule is O=C1c2ccccc2C(=O)N1CCc1ncc(C(F)(F)F)cc1Cl. The van der Waals surface area contributed by atoms with Gasteiger partial charge in [-0.25, -0.2) is 0 Å². The third kappa shape index (κ3) is 2.87. The highest BCUT2D eigenvalue weighted by molar-refractivity contribution is 6.31. The number of rotatable bonds is 3. The monoisotopic (exact) mass is 354 g/mol. The van der Waals surface area contributed by atoms with Crippen LogP contribution in [-0.2, 0) is 12.6 Å². The van der Waals surface area contributed by atoms with Crippen molar-refractivity contribution in [1.82, 2.24) is 9.88 Å². The van der Waals surface area contributed by atoms with Gasteiger partial charge in [0, 0.05) is 19.2 Å². The molecule has 8 heteroatoms. The predicted molar refractivity (Wildman–Crippen MR) is 79.8 cm³/mol. The molecule has 1 aromatic carbocycles. The lowest BCUT2D eigenvalue weighted by atomic mass is 10.1. The predicted octanol–water partition coefficient (Wildman–Crippen LogP) is 3.59. The Hall–Kier alpha value is -2.41. The Kier molecular flexibility index (Phi) is 4.04.